The van der Waals surface area contributed by atoms with Crippen LogP contribution in [0, 0.1) is 5.82 Å². The summed E-state index contributed by atoms with van der Waals surface area (Å²) in [5, 5.41) is 12.4. The highest BCUT2D eigenvalue weighted by molar-refractivity contribution is 7.89. The minimum Gasteiger partial charge on any atom is -0.494 e. The molecular formula is C23H24FN5O4S. The van der Waals surface area contributed by atoms with Crippen LogP contribution >= 0.6 is 0 Å². The molecule has 0 atom stereocenters. The molecule has 9 nitrogen and oxygen atoms in total. The Hall–Kier alpha value is -3.57. The van der Waals surface area contributed by atoms with Gasteiger partial charge in [-0.2, -0.15) is 4.52 Å². The van der Waals surface area contributed by atoms with Gasteiger partial charge in [-0.05, 0) is 48.9 Å². The number of fused-ring (bicyclic) bond motifs is 1. The van der Waals surface area contributed by atoms with Gasteiger partial charge in [-0.25, -0.2) is 17.5 Å². The molecule has 0 aliphatic carbocycles. The fraction of sp³-hybridized carbons (Fsp3) is 0.261. The minimum absolute atomic E-state index is 0.0374. The van der Waals surface area contributed by atoms with Crippen LogP contribution in [0.2, 0.25) is 0 Å². The van der Waals surface area contributed by atoms with Crippen LogP contribution < -0.4 is 14.2 Å². The highest BCUT2D eigenvalue weighted by Crippen LogP contribution is 2.20. The van der Waals surface area contributed by atoms with Crippen LogP contribution in [-0.2, 0) is 10.0 Å². The zero-order valence-corrected chi connectivity index (χ0v) is 19.3. The summed E-state index contributed by atoms with van der Waals surface area (Å²) in [5.41, 5.74) is 0.987. The lowest BCUT2D eigenvalue weighted by atomic mass is 10.2. The second-order valence-corrected chi connectivity index (χ2v) is 9.16. The molecule has 0 fully saturated rings. The first-order chi connectivity index (χ1) is 16.5. The zero-order valence-electron chi connectivity index (χ0n) is 18.5. The van der Waals surface area contributed by atoms with Crippen LogP contribution in [0.25, 0.3) is 17.0 Å². The van der Waals surface area contributed by atoms with Crippen LogP contribution in [0.1, 0.15) is 19.8 Å². The van der Waals surface area contributed by atoms with Crippen molar-refractivity contribution in [3.8, 4) is 23.0 Å². The van der Waals surface area contributed by atoms with E-state index in [1.165, 1.54) is 28.8 Å². The predicted octanol–water partition coefficient (Wildman–Crippen LogP) is 3.47. The molecule has 0 saturated heterocycles. The number of hydrogen-bond donors (Lipinski definition) is 1. The standard InChI is InChI=1S/C23H24FN5O4S/c1-2-3-14-32-19-7-9-20(10-8-19)34(30,31)25-13-15-33-22-12-11-21-26-27-23(29(21)28-22)17-5-4-6-18(24)16-17/h4-12,16,25H,2-3,13-15H2,1H3. The van der Waals surface area contributed by atoms with Gasteiger partial charge >= 0.3 is 0 Å². The van der Waals surface area contributed by atoms with Crippen molar-refractivity contribution in [2.24, 2.45) is 0 Å². The molecule has 2 aromatic carbocycles. The molecule has 4 rings (SSSR count). The Kier molecular flexibility index (Phi) is 7.33. The molecule has 1 N–H and O–H groups in total. The average molecular weight is 486 g/mol. The summed E-state index contributed by atoms with van der Waals surface area (Å²) in [6, 6.07) is 15.5. The first kappa shape index (κ1) is 23.6. The summed E-state index contributed by atoms with van der Waals surface area (Å²) in [6.45, 7) is 2.75. The molecule has 0 bridgehead atoms. The highest BCUT2D eigenvalue weighted by Gasteiger charge is 2.14. The van der Waals surface area contributed by atoms with Crippen LogP contribution in [-0.4, -0.2) is 48.0 Å². The molecule has 0 unspecified atom stereocenters. The fourth-order valence-electron chi connectivity index (χ4n) is 3.12. The van der Waals surface area contributed by atoms with Gasteiger partial charge in [0.2, 0.25) is 15.9 Å². The maximum atomic E-state index is 13.6. The topological polar surface area (TPSA) is 108 Å². The van der Waals surface area contributed by atoms with Gasteiger partial charge < -0.3 is 9.47 Å². The van der Waals surface area contributed by atoms with Crippen molar-refractivity contribution < 1.29 is 22.3 Å². The van der Waals surface area contributed by atoms with E-state index in [1.54, 1.807) is 36.4 Å². The lowest BCUT2D eigenvalue weighted by Gasteiger charge is -2.10. The van der Waals surface area contributed by atoms with Crippen LogP contribution in [0.3, 0.4) is 0 Å². The van der Waals surface area contributed by atoms with Crippen molar-refractivity contribution in [2.75, 3.05) is 19.8 Å². The zero-order chi connectivity index (χ0) is 24.0. The van der Waals surface area contributed by atoms with Crippen molar-refractivity contribution in [3.63, 3.8) is 0 Å². The molecule has 34 heavy (non-hydrogen) atoms. The van der Waals surface area contributed by atoms with Crippen molar-refractivity contribution >= 4 is 15.7 Å². The van der Waals surface area contributed by atoms with E-state index < -0.39 is 15.8 Å². The second-order valence-electron chi connectivity index (χ2n) is 7.40. The number of sulfonamides is 1. The Morgan fingerprint density at radius 1 is 1.00 bits per heavy atom. The smallest absolute Gasteiger partial charge is 0.240 e. The molecule has 0 aliphatic rings. The third-order valence-electron chi connectivity index (χ3n) is 4.87. The van der Waals surface area contributed by atoms with Gasteiger partial charge in [0.15, 0.2) is 11.5 Å². The summed E-state index contributed by atoms with van der Waals surface area (Å²) >= 11 is 0. The van der Waals surface area contributed by atoms with Gasteiger partial charge in [-0.3, -0.25) is 0 Å². The molecule has 4 aromatic rings. The summed E-state index contributed by atoms with van der Waals surface area (Å²) in [6.07, 6.45) is 1.96. The van der Waals surface area contributed by atoms with E-state index in [2.05, 4.69) is 26.9 Å². The Balaban J connectivity index is 1.35. The largest absolute Gasteiger partial charge is 0.494 e. The Morgan fingerprint density at radius 2 is 1.82 bits per heavy atom. The van der Waals surface area contributed by atoms with E-state index >= 15 is 0 Å². The number of benzene rings is 2. The van der Waals surface area contributed by atoms with Gasteiger partial charge in [0.05, 0.1) is 11.5 Å². The van der Waals surface area contributed by atoms with E-state index in [0.29, 0.717) is 29.4 Å². The first-order valence-corrected chi connectivity index (χ1v) is 12.3. The summed E-state index contributed by atoms with van der Waals surface area (Å²) in [5.74, 6) is 0.844. The van der Waals surface area contributed by atoms with E-state index in [0.717, 1.165) is 12.8 Å². The molecule has 0 aliphatic heterocycles. The number of unbranched alkanes of at least 4 members (excludes halogenated alkanes) is 1. The summed E-state index contributed by atoms with van der Waals surface area (Å²) in [7, 11) is -3.70. The third kappa shape index (κ3) is 5.67. The first-order valence-electron chi connectivity index (χ1n) is 10.8. The Labute approximate surface area is 196 Å². The number of nitrogens with zero attached hydrogens (tertiary/aromatic N) is 4. The number of nitrogens with one attached hydrogen (secondary N) is 1. The summed E-state index contributed by atoms with van der Waals surface area (Å²) < 4.78 is 53.7. The molecule has 0 saturated carbocycles. The maximum Gasteiger partial charge on any atom is 0.240 e. The fourth-order valence-corrected chi connectivity index (χ4v) is 4.13. The van der Waals surface area contributed by atoms with Crippen molar-refractivity contribution in [2.45, 2.75) is 24.7 Å². The monoisotopic (exact) mass is 485 g/mol. The van der Waals surface area contributed by atoms with Crippen molar-refractivity contribution in [1.29, 1.82) is 0 Å². The third-order valence-corrected chi connectivity index (χ3v) is 6.34. The van der Waals surface area contributed by atoms with E-state index in [4.69, 9.17) is 9.47 Å². The SMILES string of the molecule is CCCCOc1ccc(S(=O)(=O)NCCOc2ccc3nnc(-c4cccc(F)c4)n3n2)cc1. The number of hydrogen-bond acceptors (Lipinski definition) is 7. The summed E-state index contributed by atoms with van der Waals surface area (Å²) in [4.78, 5) is 0.138. The minimum atomic E-state index is -3.70. The second kappa shape index (κ2) is 10.6. The maximum absolute atomic E-state index is 13.6. The van der Waals surface area contributed by atoms with Gasteiger partial charge in [0, 0.05) is 18.2 Å². The molecular weight excluding hydrogens is 461 g/mol. The van der Waals surface area contributed by atoms with E-state index in [-0.39, 0.29) is 23.9 Å². The molecule has 0 spiro atoms. The van der Waals surface area contributed by atoms with Gasteiger partial charge in [-0.1, -0.05) is 25.5 Å². The molecule has 2 heterocycles. The lowest BCUT2D eigenvalue weighted by molar-refractivity contribution is 0.305. The number of ether oxygens (including phenoxy) is 2. The number of rotatable bonds is 11. The molecule has 0 radical (unpaired) electrons. The van der Waals surface area contributed by atoms with E-state index in [9.17, 15) is 12.8 Å². The quantitative estimate of drug-likeness (QED) is 0.324. The molecule has 0 amide bonds. The van der Waals surface area contributed by atoms with Crippen LogP contribution in [0.5, 0.6) is 11.6 Å². The number of halogens is 1. The lowest BCUT2D eigenvalue weighted by Crippen LogP contribution is -2.28. The van der Waals surface area contributed by atoms with Crippen LogP contribution in [0.4, 0.5) is 4.39 Å². The van der Waals surface area contributed by atoms with Gasteiger partial charge in [0.25, 0.3) is 0 Å². The van der Waals surface area contributed by atoms with Crippen molar-refractivity contribution in [3.05, 3.63) is 66.5 Å². The normalized spacial score (nSPS) is 11.6. The van der Waals surface area contributed by atoms with Crippen molar-refractivity contribution in [1.82, 2.24) is 24.5 Å². The molecule has 178 valence electrons. The number of aromatic nitrogens is 4. The predicted molar refractivity (Wildman–Crippen MR) is 124 cm³/mol. The van der Waals surface area contributed by atoms with Crippen LogP contribution in [0.15, 0.2) is 65.6 Å². The Bertz CT molecular complexity index is 1360. The molecule has 11 heteroatoms. The Morgan fingerprint density at radius 3 is 2.59 bits per heavy atom. The van der Waals surface area contributed by atoms with Gasteiger partial charge in [-0.15, -0.1) is 15.3 Å². The molecule has 2 aromatic heterocycles. The average Bonchev–Trinajstić information content (AvgIpc) is 3.26. The van der Waals surface area contributed by atoms with Gasteiger partial charge in [0.1, 0.15) is 18.2 Å². The van der Waals surface area contributed by atoms with E-state index in [1.807, 2.05) is 0 Å². The highest BCUT2D eigenvalue weighted by atomic mass is 32.2.